The van der Waals surface area contributed by atoms with Gasteiger partial charge in [-0.1, -0.05) is 13.3 Å². The molecule has 1 aliphatic carbocycles. The van der Waals surface area contributed by atoms with E-state index in [0.717, 1.165) is 25.9 Å². The summed E-state index contributed by atoms with van der Waals surface area (Å²) in [4.78, 5) is 14.0. The van der Waals surface area contributed by atoms with E-state index in [1.807, 2.05) is 0 Å². The molecule has 16 heavy (non-hydrogen) atoms. The quantitative estimate of drug-likeness (QED) is 0.770. The summed E-state index contributed by atoms with van der Waals surface area (Å²) in [6, 6.07) is 0. The van der Waals surface area contributed by atoms with E-state index in [2.05, 4.69) is 17.1 Å². The molecule has 0 bridgehead atoms. The summed E-state index contributed by atoms with van der Waals surface area (Å²) in [5, 5.41) is 3.07. The van der Waals surface area contributed by atoms with Gasteiger partial charge in [-0.25, -0.2) is 0 Å². The number of carbonyl (C=O) groups is 1. The lowest BCUT2D eigenvalue weighted by atomic mass is 10.1. The molecule has 0 aromatic rings. The number of hydrogen-bond acceptors (Lipinski definition) is 2. The molecule has 92 valence electrons. The number of carbonyl (C=O) groups excluding carboxylic acids is 1. The topological polar surface area (TPSA) is 32.3 Å². The predicted molar refractivity (Wildman–Crippen MR) is 65.2 cm³/mol. The molecule has 1 unspecified atom stereocenters. The Hall–Kier alpha value is -0.570. The fraction of sp³-hybridized carbons (Fsp3) is 0.923. The van der Waals surface area contributed by atoms with Crippen molar-refractivity contribution in [2.24, 2.45) is 11.8 Å². The van der Waals surface area contributed by atoms with Gasteiger partial charge in [0.15, 0.2) is 0 Å². The Morgan fingerprint density at radius 1 is 1.31 bits per heavy atom. The first-order chi connectivity index (χ1) is 7.75. The van der Waals surface area contributed by atoms with E-state index in [1.54, 1.807) is 0 Å². The molecule has 2 fully saturated rings. The van der Waals surface area contributed by atoms with Crippen LogP contribution in [0.25, 0.3) is 0 Å². The lowest BCUT2D eigenvalue weighted by Gasteiger charge is -2.29. The van der Waals surface area contributed by atoms with Crippen LogP contribution in [0.5, 0.6) is 0 Å². The summed E-state index contributed by atoms with van der Waals surface area (Å²) in [7, 11) is 0. The number of piperidine rings is 1. The van der Waals surface area contributed by atoms with Gasteiger partial charge in [0.1, 0.15) is 0 Å². The Morgan fingerprint density at radius 3 is 2.62 bits per heavy atom. The number of hydrogen-bond donors (Lipinski definition) is 1. The standard InChI is InChI=1S/C13H24N2O/c1-11(9-14-13(16)12-5-6-12)10-15-7-3-2-4-8-15/h11-12H,2-10H2,1H3,(H,14,16). The monoisotopic (exact) mass is 224 g/mol. The summed E-state index contributed by atoms with van der Waals surface area (Å²) < 4.78 is 0. The van der Waals surface area contributed by atoms with Crippen LogP contribution in [0.2, 0.25) is 0 Å². The van der Waals surface area contributed by atoms with Crippen LogP contribution in [-0.2, 0) is 4.79 Å². The third kappa shape index (κ3) is 3.78. The van der Waals surface area contributed by atoms with Gasteiger partial charge in [-0.3, -0.25) is 4.79 Å². The van der Waals surface area contributed by atoms with Gasteiger partial charge >= 0.3 is 0 Å². The van der Waals surface area contributed by atoms with Gasteiger partial charge in [0.05, 0.1) is 0 Å². The molecule has 0 spiro atoms. The van der Waals surface area contributed by atoms with E-state index in [9.17, 15) is 4.79 Å². The molecule has 2 rings (SSSR count). The van der Waals surface area contributed by atoms with Gasteiger partial charge in [-0.05, 0) is 44.7 Å². The fourth-order valence-corrected chi connectivity index (χ4v) is 2.41. The van der Waals surface area contributed by atoms with E-state index >= 15 is 0 Å². The Morgan fingerprint density at radius 2 is 2.00 bits per heavy atom. The van der Waals surface area contributed by atoms with Gasteiger partial charge in [-0.15, -0.1) is 0 Å². The fourth-order valence-electron chi connectivity index (χ4n) is 2.41. The van der Waals surface area contributed by atoms with Crippen LogP contribution in [0.15, 0.2) is 0 Å². The van der Waals surface area contributed by atoms with Crippen molar-refractivity contribution >= 4 is 5.91 Å². The highest BCUT2D eigenvalue weighted by Crippen LogP contribution is 2.28. The zero-order valence-electron chi connectivity index (χ0n) is 10.4. The minimum absolute atomic E-state index is 0.283. The van der Waals surface area contributed by atoms with Crippen LogP contribution in [0.4, 0.5) is 0 Å². The summed E-state index contributed by atoms with van der Waals surface area (Å²) in [5.74, 6) is 1.22. The summed E-state index contributed by atoms with van der Waals surface area (Å²) >= 11 is 0. The zero-order valence-corrected chi connectivity index (χ0v) is 10.4. The highest BCUT2D eigenvalue weighted by atomic mass is 16.2. The molecule has 1 atom stereocenters. The normalized spacial score (nSPS) is 24.1. The van der Waals surface area contributed by atoms with Gasteiger partial charge < -0.3 is 10.2 Å². The second-order valence-electron chi connectivity index (χ2n) is 5.49. The molecule has 1 aliphatic heterocycles. The number of nitrogens with zero attached hydrogens (tertiary/aromatic N) is 1. The van der Waals surface area contributed by atoms with Gasteiger partial charge in [0.25, 0.3) is 0 Å². The van der Waals surface area contributed by atoms with Crippen LogP contribution >= 0.6 is 0 Å². The van der Waals surface area contributed by atoms with Gasteiger partial charge in [-0.2, -0.15) is 0 Å². The minimum atomic E-state index is 0.283. The van der Waals surface area contributed by atoms with E-state index in [4.69, 9.17) is 0 Å². The van der Waals surface area contributed by atoms with Crippen molar-refractivity contribution in [2.45, 2.75) is 39.0 Å². The third-order valence-corrected chi connectivity index (χ3v) is 3.59. The predicted octanol–water partition coefficient (Wildman–Crippen LogP) is 1.63. The second-order valence-corrected chi connectivity index (χ2v) is 5.49. The maximum atomic E-state index is 11.5. The smallest absolute Gasteiger partial charge is 0.223 e. The van der Waals surface area contributed by atoms with Crippen LogP contribution in [-0.4, -0.2) is 37.0 Å². The van der Waals surface area contributed by atoms with Crippen molar-refractivity contribution in [3.05, 3.63) is 0 Å². The summed E-state index contributed by atoms with van der Waals surface area (Å²) in [6.45, 7) is 6.74. The van der Waals surface area contributed by atoms with Crippen LogP contribution < -0.4 is 5.32 Å². The Labute approximate surface area is 98.6 Å². The first kappa shape index (κ1) is 11.9. The maximum Gasteiger partial charge on any atom is 0.223 e. The van der Waals surface area contributed by atoms with Crippen LogP contribution in [0.3, 0.4) is 0 Å². The molecule has 0 aromatic heterocycles. The summed E-state index contributed by atoms with van der Waals surface area (Å²) in [6.07, 6.45) is 6.30. The molecular weight excluding hydrogens is 200 g/mol. The van der Waals surface area contributed by atoms with Crippen LogP contribution in [0.1, 0.15) is 39.0 Å². The average Bonchev–Trinajstić information content (AvgIpc) is 3.11. The average molecular weight is 224 g/mol. The molecule has 1 N–H and O–H groups in total. The molecule has 0 aromatic carbocycles. The van der Waals surface area contributed by atoms with Gasteiger partial charge in [0, 0.05) is 19.0 Å². The van der Waals surface area contributed by atoms with Gasteiger partial charge in [0.2, 0.25) is 5.91 Å². The lowest BCUT2D eigenvalue weighted by Crippen LogP contribution is -2.38. The largest absolute Gasteiger partial charge is 0.356 e. The Bertz CT molecular complexity index is 232. The van der Waals surface area contributed by atoms with E-state index in [-0.39, 0.29) is 5.91 Å². The number of likely N-dealkylation sites (tertiary alicyclic amines) is 1. The Kier molecular flexibility index (Phi) is 4.22. The second kappa shape index (κ2) is 5.67. The molecule has 3 heteroatoms. The van der Waals surface area contributed by atoms with E-state index < -0.39 is 0 Å². The van der Waals surface area contributed by atoms with Crippen molar-refractivity contribution in [2.75, 3.05) is 26.2 Å². The van der Waals surface area contributed by atoms with Crippen LogP contribution in [0, 0.1) is 11.8 Å². The molecule has 3 nitrogen and oxygen atoms in total. The van der Waals surface area contributed by atoms with E-state index in [0.29, 0.717) is 11.8 Å². The molecule has 2 aliphatic rings. The first-order valence-corrected chi connectivity index (χ1v) is 6.76. The summed E-state index contributed by atoms with van der Waals surface area (Å²) in [5.41, 5.74) is 0. The SMILES string of the molecule is CC(CNC(=O)C1CC1)CN1CCCCC1. The molecule has 0 radical (unpaired) electrons. The molecule has 1 heterocycles. The Balaban J connectivity index is 1.59. The first-order valence-electron chi connectivity index (χ1n) is 6.76. The number of nitrogens with one attached hydrogen (secondary N) is 1. The van der Waals surface area contributed by atoms with Crippen molar-refractivity contribution in [3.63, 3.8) is 0 Å². The molecule has 1 amide bonds. The minimum Gasteiger partial charge on any atom is -0.356 e. The number of rotatable bonds is 5. The third-order valence-electron chi connectivity index (χ3n) is 3.59. The highest BCUT2D eigenvalue weighted by Gasteiger charge is 2.29. The van der Waals surface area contributed by atoms with Crippen molar-refractivity contribution < 1.29 is 4.79 Å². The highest BCUT2D eigenvalue weighted by molar-refractivity contribution is 5.80. The van der Waals surface area contributed by atoms with E-state index in [1.165, 1.54) is 32.4 Å². The zero-order chi connectivity index (χ0) is 11.4. The van der Waals surface area contributed by atoms with Crippen molar-refractivity contribution in [1.29, 1.82) is 0 Å². The molecule has 1 saturated heterocycles. The van der Waals surface area contributed by atoms with Crippen molar-refractivity contribution in [1.82, 2.24) is 10.2 Å². The molecule has 1 saturated carbocycles. The lowest BCUT2D eigenvalue weighted by molar-refractivity contribution is -0.122. The number of amides is 1. The molecular formula is C13H24N2O. The van der Waals surface area contributed by atoms with Crippen molar-refractivity contribution in [3.8, 4) is 0 Å². The maximum absolute atomic E-state index is 11.5.